The van der Waals surface area contributed by atoms with E-state index in [1.165, 1.54) is 5.56 Å². The van der Waals surface area contributed by atoms with Crippen molar-refractivity contribution in [2.24, 2.45) is 4.99 Å². The Morgan fingerprint density at radius 2 is 1.82 bits per heavy atom. The second-order valence-electron chi connectivity index (χ2n) is 4.07. The molecule has 0 saturated heterocycles. The molecule has 0 spiro atoms. The molecule has 2 rings (SSSR count). The zero-order chi connectivity index (χ0) is 12.1. The summed E-state index contributed by atoms with van der Waals surface area (Å²) in [5.41, 5.74) is 3.14. The molecule has 1 heterocycles. The van der Waals surface area contributed by atoms with Crippen LogP contribution in [0, 0.1) is 6.92 Å². The average Bonchev–Trinajstić information content (AvgIpc) is 2.37. The number of rotatable bonds is 3. The number of pyridine rings is 1. The fourth-order valence-electron chi connectivity index (χ4n) is 1.64. The van der Waals surface area contributed by atoms with Crippen molar-refractivity contribution < 1.29 is 0 Å². The van der Waals surface area contributed by atoms with Crippen LogP contribution >= 0.6 is 0 Å². The van der Waals surface area contributed by atoms with Crippen LogP contribution in [-0.4, -0.2) is 11.2 Å². The van der Waals surface area contributed by atoms with Gasteiger partial charge in [0.1, 0.15) is 0 Å². The van der Waals surface area contributed by atoms with Gasteiger partial charge in [-0.2, -0.15) is 0 Å². The van der Waals surface area contributed by atoms with Crippen molar-refractivity contribution in [3.8, 4) is 0 Å². The summed E-state index contributed by atoms with van der Waals surface area (Å²) < 4.78 is 0. The van der Waals surface area contributed by atoms with E-state index in [0.29, 0.717) is 0 Å². The number of benzene rings is 1. The van der Waals surface area contributed by atoms with Crippen LogP contribution in [-0.2, 0) is 0 Å². The Balaban J connectivity index is 2.11. The Kier molecular flexibility index (Phi) is 3.66. The van der Waals surface area contributed by atoms with Gasteiger partial charge < -0.3 is 0 Å². The second kappa shape index (κ2) is 5.39. The lowest BCUT2D eigenvalue weighted by molar-refractivity contribution is 0.824. The summed E-state index contributed by atoms with van der Waals surface area (Å²) in [5, 5.41) is 0. The molecule has 0 N–H and O–H groups in total. The van der Waals surface area contributed by atoms with E-state index in [4.69, 9.17) is 0 Å². The fraction of sp³-hybridized carbons (Fsp3) is 0.200. The summed E-state index contributed by atoms with van der Waals surface area (Å²) in [6, 6.07) is 16.4. The summed E-state index contributed by atoms with van der Waals surface area (Å²) in [6.45, 7) is 4.07. The third-order valence-electron chi connectivity index (χ3n) is 2.62. The first-order valence-corrected chi connectivity index (χ1v) is 5.77. The lowest BCUT2D eigenvalue weighted by atomic mass is 10.1. The molecule has 0 amide bonds. The smallest absolute Gasteiger partial charge is 0.0811 e. The van der Waals surface area contributed by atoms with Crippen molar-refractivity contribution in [2.75, 3.05) is 0 Å². The number of hydrogen-bond donors (Lipinski definition) is 0. The zero-order valence-corrected chi connectivity index (χ0v) is 10.2. The molecule has 0 aliphatic carbocycles. The third-order valence-corrected chi connectivity index (χ3v) is 2.62. The Morgan fingerprint density at radius 1 is 1.06 bits per heavy atom. The first kappa shape index (κ1) is 11.5. The SMILES string of the molecule is Cc1cccc(C=NC(C)c2ccccc2)n1. The van der Waals surface area contributed by atoms with Crippen LogP contribution in [0.4, 0.5) is 0 Å². The molecular weight excluding hydrogens is 208 g/mol. The number of aliphatic imine (C=N–C) groups is 1. The molecule has 0 aliphatic rings. The maximum absolute atomic E-state index is 4.52. The van der Waals surface area contributed by atoms with E-state index in [2.05, 4.69) is 29.0 Å². The third kappa shape index (κ3) is 3.25. The topological polar surface area (TPSA) is 25.2 Å². The van der Waals surface area contributed by atoms with Gasteiger partial charge in [-0.1, -0.05) is 36.4 Å². The highest BCUT2D eigenvalue weighted by Gasteiger charge is 2.00. The van der Waals surface area contributed by atoms with E-state index in [1.807, 2.05) is 49.5 Å². The van der Waals surface area contributed by atoms with Crippen LogP contribution in [0.3, 0.4) is 0 Å². The molecule has 1 unspecified atom stereocenters. The van der Waals surface area contributed by atoms with Crippen molar-refractivity contribution >= 4 is 6.21 Å². The first-order chi connectivity index (χ1) is 8.25. The van der Waals surface area contributed by atoms with Crippen LogP contribution in [0.1, 0.15) is 29.9 Å². The van der Waals surface area contributed by atoms with E-state index in [9.17, 15) is 0 Å². The molecule has 1 atom stereocenters. The van der Waals surface area contributed by atoms with Crippen LogP contribution in [0.2, 0.25) is 0 Å². The highest BCUT2D eigenvalue weighted by molar-refractivity contribution is 5.77. The van der Waals surface area contributed by atoms with Crippen molar-refractivity contribution in [3.05, 3.63) is 65.5 Å². The Labute approximate surface area is 102 Å². The minimum Gasteiger partial charge on any atom is -0.283 e. The van der Waals surface area contributed by atoms with Crippen LogP contribution in [0.5, 0.6) is 0 Å². The summed E-state index contributed by atoms with van der Waals surface area (Å²) in [6.07, 6.45) is 1.84. The number of aromatic nitrogens is 1. The van der Waals surface area contributed by atoms with E-state index < -0.39 is 0 Å². The maximum atomic E-state index is 4.52. The van der Waals surface area contributed by atoms with Crippen molar-refractivity contribution in [2.45, 2.75) is 19.9 Å². The molecule has 1 aromatic heterocycles. The van der Waals surface area contributed by atoms with E-state index >= 15 is 0 Å². The van der Waals surface area contributed by atoms with E-state index in [-0.39, 0.29) is 6.04 Å². The van der Waals surface area contributed by atoms with Crippen molar-refractivity contribution in [3.63, 3.8) is 0 Å². The lowest BCUT2D eigenvalue weighted by Crippen LogP contribution is -1.93. The van der Waals surface area contributed by atoms with Crippen LogP contribution in [0.15, 0.2) is 53.5 Å². The normalized spacial score (nSPS) is 12.8. The molecule has 0 radical (unpaired) electrons. The molecular formula is C15H16N2. The molecule has 1 aromatic carbocycles. The van der Waals surface area contributed by atoms with Crippen LogP contribution < -0.4 is 0 Å². The van der Waals surface area contributed by atoms with Crippen molar-refractivity contribution in [1.29, 1.82) is 0 Å². The van der Waals surface area contributed by atoms with Gasteiger partial charge in [-0.3, -0.25) is 9.98 Å². The highest BCUT2D eigenvalue weighted by Crippen LogP contribution is 2.15. The van der Waals surface area contributed by atoms with Gasteiger partial charge in [-0.25, -0.2) is 0 Å². The molecule has 0 saturated carbocycles. The van der Waals surface area contributed by atoms with Crippen LogP contribution in [0.25, 0.3) is 0 Å². The van der Waals surface area contributed by atoms with Gasteiger partial charge in [0.25, 0.3) is 0 Å². The monoisotopic (exact) mass is 224 g/mol. The molecule has 86 valence electrons. The first-order valence-electron chi connectivity index (χ1n) is 5.77. The Bertz CT molecular complexity index is 503. The van der Waals surface area contributed by atoms with Gasteiger partial charge in [-0.15, -0.1) is 0 Å². The largest absolute Gasteiger partial charge is 0.283 e. The van der Waals surface area contributed by atoms with Gasteiger partial charge >= 0.3 is 0 Å². The van der Waals surface area contributed by atoms with Gasteiger partial charge in [0.05, 0.1) is 11.7 Å². The number of aryl methyl sites for hydroxylation is 1. The van der Waals surface area contributed by atoms with Gasteiger partial charge in [0.15, 0.2) is 0 Å². The molecule has 0 fully saturated rings. The minimum absolute atomic E-state index is 0.165. The van der Waals surface area contributed by atoms with Gasteiger partial charge in [0.2, 0.25) is 0 Å². The van der Waals surface area contributed by atoms with Crippen molar-refractivity contribution in [1.82, 2.24) is 4.98 Å². The molecule has 2 nitrogen and oxygen atoms in total. The summed E-state index contributed by atoms with van der Waals surface area (Å²) >= 11 is 0. The predicted molar refractivity (Wildman–Crippen MR) is 71.4 cm³/mol. The minimum atomic E-state index is 0.165. The average molecular weight is 224 g/mol. The van der Waals surface area contributed by atoms with Gasteiger partial charge in [0, 0.05) is 11.9 Å². The Hall–Kier alpha value is -1.96. The molecule has 2 heteroatoms. The zero-order valence-electron chi connectivity index (χ0n) is 10.2. The summed E-state index contributed by atoms with van der Waals surface area (Å²) in [4.78, 5) is 8.91. The van der Waals surface area contributed by atoms with E-state index in [1.54, 1.807) is 0 Å². The fourth-order valence-corrected chi connectivity index (χ4v) is 1.64. The Morgan fingerprint density at radius 3 is 2.53 bits per heavy atom. The van der Waals surface area contributed by atoms with E-state index in [0.717, 1.165) is 11.4 Å². The second-order valence-corrected chi connectivity index (χ2v) is 4.07. The summed E-state index contributed by atoms with van der Waals surface area (Å²) in [5.74, 6) is 0. The molecule has 2 aromatic rings. The maximum Gasteiger partial charge on any atom is 0.0811 e. The number of nitrogens with zero attached hydrogens (tertiary/aromatic N) is 2. The quantitative estimate of drug-likeness (QED) is 0.732. The number of hydrogen-bond acceptors (Lipinski definition) is 2. The van der Waals surface area contributed by atoms with Gasteiger partial charge in [-0.05, 0) is 31.5 Å². The standard InChI is InChI=1S/C15H16N2/c1-12-7-6-10-15(17-12)11-16-13(2)14-8-4-3-5-9-14/h3-11,13H,1-2H3. The molecule has 0 aliphatic heterocycles. The highest BCUT2D eigenvalue weighted by atomic mass is 14.8. The summed E-state index contributed by atoms with van der Waals surface area (Å²) in [7, 11) is 0. The molecule has 17 heavy (non-hydrogen) atoms. The lowest BCUT2D eigenvalue weighted by Gasteiger charge is -2.05. The predicted octanol–water partition coefficient (Wildman–Crippen LogP) is 3.57. The molecule has 0 bridgehead atoms.